The van der Waals surface area contributed by atoms with Crippen molar-refractivity contribution in [2.75, 3.05) is 26.9 Å². The van der Waals surface area contributed by atoms with Crippen LogP contribution < -0.4 is 4.74 Å². The summed E-state index contributed by atoms with van der Waals surface area (Å²) >= 11 is 0. The molecule has 3 rings (SSSR count). The highest BCUT2D eigenvalue weighted by Gasteiger charge is 2.46. The Morgan fingerprint density at radius 3 is 2.60 bits per heavy atom. The third-order valence-corrected chi connectivity index (χ3v) is 4.86. The summed E-state index contributed by atoms with van der Waals surface area (Å²) in [4.78, 5) is 26.8. The zero-order valence-electron chi connectivity index (χ0n) is 16.9. The van der Waals surface area contributed by atoms with Gasteiger partial charge >= 0.3 is 0 Å². The Bertz CT molecular complexity index is 972. The molecular formula is C23H24FNO5. The van der Waals surface area contributed by atoms with Crippen molar-refractivity contribution in [2.24, 2.45) is 0 Å². The Kier molecular flexibility index (Phi) is 6.84. The zero-order valence-corrected chi connectivity index (χ0v) is 16.9. The van der Waals surface area contributed by atoms with Crippen LogP contribution in [0.4, 0.5) is 4.39 Å². The molecule has 7 heteroatoms. The van der Waals surface area contributed by atoms with E-state index >= 15 is 0 Å². The third kappa shape index (κ3) is 4.21. The molecule has 1 atom stereocenters. The molecule has 1 aliphatic rings. The number of carbonyl (C=O) groups excluding carboxylic acids is 2. The van der Waals surface area contributed by atoms with Crippen molar-refractivity contribution in [3.05, 3.63) is 71.0 Å². The van der Waals surface area contributed by atoms with Crippen LogP contribution in [-0.4, -0.2) is 48.6 Å². The fourth-order valence-electron chi connectivity index (χ4n) is 3.43. The fraction of sp³-hybridized carbons (Fsp3) is 0.304. The van der Waals surface area contributed by atoms with Gasteiger partial charge in [-0.2, -0.15) is 0 Å². The van der Waals surface area contributed by atoms with Crippen molar-refractivity contribution < 1.29 is 28.6 Å². The predicted molar refractivity (Wildman–Crippen MR) is 110 cm³/mol. The predicted octanol–water partition coefficient (Wildman–Crippen LogP) is 3.68. The number of aliphatic hydroxyl groups is 1. The lowest BCUT2D eigenvalue weighted by Crippen LogP contribution is -2.33. The summed E-state index contributed by atoms with van der Waals surface area (Å²) in [5.41, 5.74) is 0.288. The first-order chi connectivity index (χ1) is 14.5. The number of likely N-dealkylation sites (tertiary alicyclic amines) is 1. The normalized spacial score (nSPS) is 18.1. The van der Waals surface area contributed by atoms with Gasteiger partial charge < -0.3 is 19.5 Å². The van der Waals surface area contributed by atoms with Crippen LogP contribution in [0.15, 0.2) is 54.1 Å². The Balaban J connectivity index is 2.13. The summed E-state index contributed by atoms with van der Waals surface area (Å²) in [5.74, 6) is -2.09. The van der Waals surface area contributed by atoms with Crippen molar-refractivity contribution in [1.82, 2.24) is 4.90 Å². The first-order valence-electron chi connectivity index (χ1n) is 9.74. The lowest BCUT2D eigenvalue weighted by Gasteiger charge is -2.25. The molecule has 1 unspecified atom stereocenters. The number of methoxy groups -OCH3 is 1. The van der Waals surface area contributed by atoms with E-state index in [1.165, 1.54) is 30.2 Å². The van der Waals surface area contributed by atoms with Gasteiger partial charge in [-0.05, 0) is 24.6 Å². The monoisotopic (exact) mass is 413 g/mol. The van der Waals surface area contributed by atoms with E-state index < -0.39 is 23.5 Å². The third-order valence-electron chi connectivity index (χ3n) is 4.86. The van der Waals surface area contributed by atoms with E-state index in [4.69, 9.17) is 9.47 Å². The fourth-order valence-corrected chi connectivity index (χ4v) is 3.43. The molecule has 30 heavy (non-hydrogen) atoms. The molecule has 158 valence electrons. The van der Waals surface area contributed by atoms with E-state index in [0.717, 1.165) is 6.42 Å². The number of hydrogen-bond acceptors (Lipinski definition) is 5. The Morgan fingerprint density at radius 1 is 1.13 bits per heavy atom. The molecule has 1 saturated heterocycles. The smallest absolute Gasteiger partial charge is 0.295 e. The van der Waals surface area contributed by atoms with Crippen LogP contribution in [0, 0.1) is 5.82 Å². The summed E-state index contributed by atoms with van der Waals surface area (Å²) in [7, 11) is 1.47. The Morgan fingerprint density at radius 2 is 1.90 bits per heavy atom. The van der Waals surface area contributed by atoms with Gasteiger partial charge in [0.15, 0.2) is 0 Å². The van der Waals surface area contributed by atoms with Crippen LogP contribution in [0.5, 0.6) is 5.75 Å². The second kappa shape index (κ2) is 9.54. The highest BCUT2D eigenvalue weighted by Crippen LogP contribution is 2.40. The molecule has 1 N–H and O–H groups in total. The summed E-state index contributed by atoms with van der Waals surface area (Å²) in [6.07, 6.45) is 0.814. The Labute approximate surface area is 174 Å². The molecule has 1 amide bonds. The summed E-state index contributed by atoms with van der Waals surface area (Å²) in [6, 6.07) is 11.5. The molecule has 1 aliphatic heterocycles. The summed E-state index contributed by atoms with van der Waals surface area (Å²) in [6.45, 7) is 2.72. The van der Waals surface area contributed by atoms with Crippen molar-refractivity contribution in [1.29, 1.82) is 0 Å². The maximum Gasteiger partial charge on any atom is 0.295 e. The van der Waals surface area contributed by atoms with Crippen molar-refractivity contribution >= 4 is 17.4 Å². The minimum Gasteiger partial charge on any atom is -0.507 e. The minimum absolute atomic E-state index is 0.0799. The lowest BCUT2D eigenvalue weighted by molar-refractivity contribution is -0.140. The topological polar surface area (TPSA) is 76.1 Å². The van der Waals surface area contributed by atoms with Gasteiger partial charge in [0, 0.05) is 24.8 Å². The van der Waals surface area contributed by atoms with Gasteiger partial charge in [0.25, 0.3) is 11.7 Å². The van der Waals surface area contributed by atoms with Gasteiger partial charge in [-0.25, -0.2) is 4.39 Å². The largest absolute Gasteiger partial charge is 0.507 e. The van der Waals surface area contributed by atoms with Gasteiger partial charge in [-0.1, -0.05) is 37.3 Å². The Hall–Kier alpha value is -3.19. The van der Waals surface area contributed by atoms with Crippen molar-refractivity contribution in [3.63, 3.8) is 0 Å². The average molecular weight is 413 g/mol. The summed E-state index contributed by atoms with van der Waals surface area (Å²) in [5, 5.41) is 11.0. The average Bonchev–Trinajstić information content (AvgIpc) is 3.00. The first-order valence-corrected chi connectivity index (χ1v) is 9.74. The number of Topliss-reactive ketones (excluding diaryl/α,β-unsaturated/α-hetero) is 1. The number of ether oxygens (including phenoxy) is 2. The molecular weight excluding hydrogens is 389 g/mol. The number of carbonyl (C=O) groups is 2. The number of halogens is 1. The highest BCUT2D eigenvalue weighted by atomic mass is 19.1. The van der Waals surface area contributed by atoms with E-state index in [-0.39, 0.29) is 30.0 Å². The molecule has 0 saturated carbocycles. The van der Waals surface area contributed by atoms with Crippen LogP contribution in [-0.2, 0) is 14.3 Å². The second-order valence-electron chi connectivity index (χ2n) is 6.88. The molecule has 0 bridgehead atoms. The molecule has 2 aromatic carbocycles. The standard InChI is InChI=1S/C23H24FNO5/c1-3-12-30-16-8-6-7-15(14-16)21(26)19-20(17-9-4-5-10-18(17)24)25(11-13-29-2)23(28)22(19)27/h4-10,14,20,26H,3,11-13H2,1-2H3/b21-19+. The number of rotatable bonds is 8. The van der Waals surface area contributed by atoms with Crippen LogP contribution in [0.3, 0.4) is 0 Å². The van der Waals surface area contributed by atoms with E-state index in [1.807, 2.05) is 6.92 Å². The first kappa shape index (κ1) is 21.5. The number of aliphatic hydroxyl groups excluding tert-OH is 1. The van der Waals surface area contributed by atoms with E-state index in [9.17, 15) is 19.1 Å². The maximum atomic E-state index is 14.6. The summed E-state index contributed by atoms with van der Waals surface area (Å²) < 4.78 is 25.3. The quantitative estimate of drug-likeness (QED) is 0.406. The molecule has 6 nitrogen and oxygen atoms in total. The molecule has 0 radical (unpaired) electrons. The molecule has 0 spiro atoms. The van der Waals surface area contributed by atoms with Crippen molar-refractivity contribution in [2.45, 2.75) is 19.4 Å². The number of benzene rings is 2. The maximum absolute atomic E-state index is 14.6. The van der Waals surface area contributed by atoms with Gasteiger partial charge in [0.05, 0.1) is 24.8 Å². The van der Waals surface area contributed by atoms with Gasteiger partial charge in [0.2, 0.25) is 0 Å². The molecule has 2 aromatic rings. The van der Waals surface area contributed by atoms with Gasteiger partial charge in [-0.3, -0.25) is 9.59 Å². The van der Waals surface area contributed by atoms with Crippen LogP contribution in [0.1, 0.15) is 30.5 Å². The molecule has 0 aromatic heterocycles. The van der Waals surface area contributed by atoms with Crippen LogP contribution in [0.2, 0.25) is 0 Å². The number of amides is 1. The van der Waals surface area contributed by atoms with E-state index in [2.05, 4.69) is 0 Å². The molecule has 0 aliphatic carbocycles. The van der Waals surface area contributed by atoms with E-state index in [0.29, 0.717) is 17.9 Å². The molecule has 1 heterocycles. The number of hydrogen-bond donors (Lipinski definition) is 1. The molecule has 1 fully saturated rings. The lowest BCUT2D eigenvalue weighted by atomic mass is 9.95. The SMILES string of the molecule is CCCOc1cccc(/C(O)=C2\C(=O)C(=O)N(CCOC)C2c2ccccc2F)c1. The number of nitrogens with zero attached hydrogens (tertiary/aromatic N) is 1. The van der Waals surface area contributed by atoms with Crippen molar-refractivity contribution in [3.8, 4) is 5.75 Å². The van der Waals surface area contributed by atoms with Crippen LogP contribution in [0.25, 0.3) is 5.76 Å². The second-order valence-corrected chi connectivity index (χ2v) is 6.88. The minimum atomic E-state index is -1.05. The van der Waals surface area contributed by atoms with Crippen LogP contribution >= 0.6 is 0 Å². The van der Waals surface area contributed by atoms with E-state index in [1.54, 1.807) is 30.3 Å². The highest BCUT2D eigenvalue weighted by molar-refractivity contribution is 6.46. The number of ketones is 1. The zero-order chi connectivity index (χ0) is 21.7. The van der Waals surface area contributed by atoms with Gasteiger partial charge in [-0.15, -0.1) is 0 Å². The van der Waals surface area contributed by atoms with Gasteiger partial charge in [0.1, 0.15) is 17.3 Å².